The molecule has 3 heteroatoms. The number of fused-ring (bicyclic) bond motifs is 3. The molecule has 1 aliphatic rings. The maximum Gasteiger partial charge on any atom is 0.0775 e. The van der Waals surface area contributed by atoms with Crippen LogP contribution in [0.4, 0.5) is 17.1 Å². The first kappa shape index (κ1) is 35.8. The van der Waals surface area contributed by atoms with Gasteiger partial charge in [-0.15, -0.1) is 0 Å². The van der Waals surface area contributed by atoms with Crippen LogP contribution in [-0.4, -0.2) is 16.1 Å². The normalized spacial score (nSPS) is 13.3. The molecule has 0 heterocycles. The quantitative estimate of drug-likeness (QED) is 0.141. The van der Waals surface area contributed by atoms with E-state index in [0.29, 0.717) is 0 Å². The fourth-order valence-electron chi connectivity index (χ4n) is 8.06. The predicted molar refractivity (Wildman–Crippen MR) is 241 cm³/mol. The molecule has 0 atom stereocenters. The highest BCUT2D eigenvalue weighted by molar-refractivity contribution is 6.89. The molecule has 268 valence electrons. The molecule has 0 radical (unpaired) electrons. The summed E-state index contributed by atoms with van der Waals surface area (Å²) in [6, 6.07) is 61.5. The second-order valence-electron chi connectivity index (χ2n) is 17.6. The summed E-state index contributed by atoms with van der Waals surface area (Å²) in [5.41, 5.74) is 16.3. The molecular weight excluding hydrogens is 683 g/mol. The Hall–Kier alpha value is -5.23. The van der Waals surface area contributed by atoms with Gasteiger partial charge in [0.1, 0.15) is 0 Å². The van der Waals surface area contributed by atoms with E-state index in [0.717, 1.165) is 11.4 Å². The first-order chi connectivity index (χ1) is 25.8. The van der Waals surface area contributed by atoms with E-state index in [2.05, 4.69) is 222 Å². The predicted octanol–water partition coefficient (Wildman–Crippen LogP) is 13.6. The molecule has 0 aliphatic heterocycles. The highest BCUT2D eigenvalue weighted by Crippen LogP contribution is 2.50. The molecule has 0 amide bonds. The third-order valence-electron chi connectivity index (χ3n) is 11.5. The summed E-state index contributed by atoms with van der Waals surface area (Å²) in [5.74, 6) is 0. The van der Waals surface area contributed by atoms with Crippen molar-refractivity contribution >= 4 is 43.6 Å². The molecule has 0 spiro atoms. The van der Waals surface area contributed by atoms with Gasteiger partial charge in [0.15, 0.2) is 0 Å². The lowest BCUT2D eigenvalue weighted by Gasteiger charge is -2.28. The Kier molecular flexibility index (Phi) is 8.99. The van der Waals surface area contributed by atoms with Gasteiger partial charge >= 0.3 is 0 Å². The van der Waals surface area contributed by atoms with Crippen LogP contribution in [0.3, 0.4) is 0 Å². The lowest BCUT2D eigenvalue weighted by molar-refractivity contribution is 0.660. The van der Waals surface area contributed by atoms with Gasteiger partial charge in [0.25, 0.3) is 0 Å². The molecule has 8 rings (SSSR count). The van der Waals surface area contributed by atoms with E-state index < -0.39 is 16.1 Å². The summed E-state index contributed by atoms with van der Waals surface area (Å²) in [7, 11) is -2.67. The summed E-state index contributed by atoms with van der Waals surface area (Å²) >= 11 is 0. The number of rotatable bonds is 8. The van der Waals surface area contributed by atoms with Crippen molar-refractivity contribution in [1.82, 2.24) is 0 Å². The first-order valence-corrected chi connectivity index (χ1v) is 26.3. The Morgan fingerprint density at radius 3 is 1.09 bits per heavy atom. The van der Waals surface area contributed by atoms with Crippen LogP contribution in [0.5, 0.6) is 0 Å². The Balaban J connectivity index is 1.13. The van der Waals surface area contributed by atoms with E-state index in [1.54, 1.807) is 0 Å². The standard InChI is InChI=1S/C51H51NSi2/c1-51(2)49-12-10-9-11-47(49)48-34-29-44(35-50(48)51)52(43-27-19-39(20-28-43)41-23-32-46(33-24-41)54(6,7)8)42-25-17-38(18-26-42)36-13-15-37(16-14-36)40-21-30-45(31-22-40)53(3,4)5/h9-35H,1-8H3. The van der Waals surface area contributed by atoms with Gasteiger partial charge in [-0.3, -0.25) is 0 Å². The van der Waals surface area contributed by atoms with Crippen molar-refractivity contribution in [1.29, 1.82) is 0 Å². The van der Waals surface area contributed by atoms with Gasteiger partial charge in [-0.05, 0) is 92.0 Å². The molecule has 1 aliphatic carbocycles. The smallest absolute Gasteiger partial charge is 0.0775 e. The maximum absolute atomic E-state index is 2.42. The van der Waals surface area contributed by atoms with Crippen molar-refractivity contribution in [2.24, 2.45) is 0 Å². The molecule has 0 saturated heterocycles. The zero-order valence-corrected chi connectivity index (χ0v) is 35.0. The summed E-state index contributed by atoms with van der Waals surface area (Å²) in [5, 5.41) is 2.98. The minimum atomic E-state index is -1.35. The number of hydrogen-bond donors (Lipinski definition) is 0. The SMILES string of the molecule is CC1(C)c2ccccc2-c2ccc(N(c3ccc(-c4ccc(-c5ccc([Si](C)(C)C)cc5)cc4)cc3)c3ccc(-c4ccc([Si](C)(C)C)cc4)cc3)cc21. The zero-order valence-electron chi connectivity index (χ0n) is 33.0. The van der Waals surface area contributed by atoms with E-state index in [1.165, 1.54) is 71.7 Å². The highest BCUT2D eigenvalue weighted by atomic mass is 28.3. The van der Waals surface area contributed by atoms with Crippen LogP contribution in [0, 0.1) is 0 Å². The maximum atomic E-state index is 2.42. The van der Waals surface area contributed by atoms with Gasteiger partial charge < -0.3 is 4.90 Å². The molecule has 0 unspecified atom stereocenters. The van der Waals surface area contributed by atoms with E-state index in [4.69, 9.17) is 0 Å². The van der Waals surface area contributed by atoms with E-state index in [9.17, 15) is 0 Å². The van der Waals surface area contributed by atoms with Gasteiger partial charge in [-0.25, -0.2) is 0 Å². The Morgan fingerprint density at radius 2 is 0.685 bits per heavy atom. The number of anilines is 3. The molecule has 0 N–H and O–H groups in total. The summed E-state index contributed by atoms with van der Waals surface area (Å²) in [4.78, 5) is 2.41. The topological polar surface area (TPSA) is 3.24 Å². The molecule has 1 nitrogen and oxygen atoms in total. The number of hydrogen-bond acceptors (Lipinski definition) is 1. The van der Waals surface area contributed by atoms with Crippen molar-refractivity contribution in [3.8, 4) is 44.5 Å². The minimum Gasteiger partial charge on any atom is -0.310 e. The molecule has 0 saturated carbocycles. The van der Waals surface area contributed by atoms with Crippen LogP contribution in [0.2, 0.25) is 39.3 Å². The van der Waals surface area contributed by atoms with Crippen molar-refractivity contribution in [3.05, 3.63) is 175 Å². The van der Waals surface area contributed by atoms with Crippen molar-refractivity contribution < 1.29 is 0 Å². The van der Waals surface area contributed by atoms with Crippen molar-refractivity contribution in [3.63, 3.8) is 0 Å². The highest BCUT2D eigenvalue weighted by Gasteiger charge is 2.35. The summed E-state index contributed by atoms with van der Waals surface area (Å²) in [6.07, 6.45) is 0. The summed E-state index contributed by atoms with van der Waals surface area (Å²) < 4.78 is 0. The Bertz CT molecular complexity index is 2430. The van der Waals surface area contributed by atoms with Crippen molar-refractivity contribution in [2.75, 3.05) is 4.90 Å². The Labute approximate surface area is 325 Å². The average Bonchev–Trinajstić information content (AvgIpc) is 3.40. The Morgan fingerprint density at radius 1 is 0.352 bits per heavy atom. The fourth-order valence-corrected chi connectivity index (χ4v) is 10.4. The molecule has 7 aromatic rings. The molecular formula is C51H51NSi2. The zero-order chi connectivity index (χ0) is 37.8. The third kappa shape index (κ3) is 6.72. The van der Waals surface area contributed by atoms with Gasteiger partial charge in [-0.1, -0.05) is 191 Å². The first-order valence-electron chi connectivity index (χ1n) is 19.3. The number of benzene rings is 7. The fraction of sp³-hybridized carbons (Fsp3) is 0.176. The van der Waals surface area contributed by atoms with E-state index >= 15 is 0 Å². The lowest BCUT2D eigenvalue weighted by atomic mass is 9.82. The minimum absolute atomic E-state index is 0.0775. The van der Waals surface area contributed by atoms with Gasteiger partial charge in [0.2, 0.25) is 0 Å². The van der Waals surface area contributed by atoms with Crippen LogP contribution in [-0.2, 0) is 5.41 Å². The van der Waals surface area contributed by atoms with E-state index in [1.807, 2.05) is 0 Å². The van der Waals surface area contributed by atoms with Gasteiger partial charge in [0, 0.05) is 22.5 Å². The average molecular weight is 734 g/mol. The van der Waals surface area contributed by atoms with Crippen LogP contribution in [0.15, 0.2) is 164 Å². The van der Waals surface area contributed by atoms with Crippen molar-refractivity contribution in [2.45, 2.75) is 58.5 Å². The largest absolute Gasteiger partial charge is 0.310 e. The van der Waals surface area contributed by atoms with Crippen LogP contribution in [0.25, 0.3) is 44.5 Å². The monoisotopic (exact) mass is 733 g/mol. The third-order valence-corrected chi connectivity index (χ3v) is 15.6. The van der Waals surface area contributed by atoms with Crippen LogP contribution >= 0.6 is 0 Å². The van der Waals surface area contributed by atoms with Gasteiger partial charge in [0.05, 0.1) is 16.1 Å². The number of nitrogens with zero attached hydrogens (tertiary/aromatic N) is 1. The van der Waals surface area contributed by atoms with Crippen LogP contribution in [0.1, 0.15) is 25.0 Å². The van der Waals surface area contributed by atoms with Crippen LogP contribution < -0.4 is 15.3 Å². The van der Waals surface area contributed by atoms with Gasteiger partial charge in [-0.2, -0.15) is 0 Å². The molecule has 54 heavy (non-hydrogen) atoms. The molecule has 7 aromatic carbocycles. The second-order valence-corrected chi connectivity index (χ2v) is 27.7. The molecule has 0 bridgehead atoms. The molecule has 0 aromatic heterocycles. The molecule has 0 fully saturated rings. The van der Waals surface area contributed by atoms with E-state index in [-0.39, 0.29) is 5.41 Å². The summed E-state index contributed by atoms with van der Waals surface area (Å²) in [6.45, 7) is 19.1. The lowest BCUT2D eigenvalue weighted by Crippen LogP contribution is -2.37. The second kappa shape index (κ2) is 13.6.